The van der Waals surface area contributed by atoms with Crippen molar-refractivity contribution in [2.75, 3.05) is 13.2 Å². The number of amides is 2. The molecule has 0 heterocycles. The summed E-state index contributed by atoms with van der Waals surface area (Å²) in [5.74, 6) is 1.85. The number of carbonyl (C=O) groups excluding carboxylic acids is 2. The molecule has 0 aromatic carbocycles. The first kappa shape index (κ1) is 29.1. The Morgan fingerprint density at radius 1 is 1.13 bits per heavy atom. The average molecular weight is 542 g/mol. The lowest BCUT2D eigenvalue weighted by atomic mass is 9.46. The third-order valence-electron chi connectivity index (χ3n) is 10.4. The number of hydrogen-bond acceptors (Lipinski definition) is 6. The molecule has 0 aromatic rings. The monoisotopic (exact) mass is 541 g/mol. The van der Waals surface area contributed by atoms with Gasteiger partial charge < -0.3 is 25.7 Å². The van der Waals surface area contributed by atoms with E-state index in [9.17, 15) is 24.6 Å². The quantitative estimate of drug-likeness (QED) is 0.275. The number of hydrogen-bond donors (Lipinski definition) is 4. The summed E-state index contributed by atoms with van der Waals surface area (Å²) >= 11 is 0. The number of oxime groups is 1. The van der Waals surface area contributed by atoms with Crippen molar-refractivity contribution < 1.29 is 29.4 Å². The number of nitrogens with one attached hydrogen (secondary N) is 2. The van der Waals surface area contributed by atoms with Crippen LogP contribution in [0.3, 0.4) is 0 Å². The first-order chi connectivity index (χ1) is 18.3. The van der Waals surface area contributed by atoms with Crippen molar-refractivity contribution in [3.8, 4) is 12.3 Å². The smallest absolute Gasteiger partial charge is 0.326 e. The van der Waals surface area contributed by atoms with Crippen LogP contribution in [0.15, 0.2) is 16.8 Å². The molecule has 0 aliphatic heterocycles. The van der Waals surface area contributed by atoms with E-state index in [1.807, 2.05) is 0 Å². The van der Waals surface area contributed by atoms with Gasteiger partial charge >= 0.3 is 5.97 Å². The van der Waals surface area contributed by atoms with Crippen LogP contribution in [0.5, 0.6) is 0 Å². The van der Waals surface area contributed by atoms with Crippen molar-refractivity contribution in [2.24, 2.45) is 39.7 Å². The third-order valence-corrected chi connectivity index (χ3v) is 10.4. The molecular formula is C30H43N3O6. The van der Waals surface area contributed by atoms with Gasteiger partial charge in [-0.2, -0.15) is 0 Å². The Morgan fingerprint density at radius 3 is 2.51 bits per heavy atom. The lowest BCUT2D eigenvalue weighted by molar-refractivity contribution is -0.143. The third kappa shape index (κ3) is 5.32. The fourth-order valence-electron chi connectivity index (χ4n) is 8.04. The van der Waals surface area contributed by atoms with Gasteiger partial charge in [0, 0.05) is 5.41 Å². The zero-order valence-corrected chi connectivity index (χ0v) is 23.6. The standard InChI is InChI=1S/C30H43N3O6/c1-6-30(38)14-11-23-21-8-7-19-15-20(9-12-28(19,4)22(21)10-13-29(23,30)5)33-39-17-25(35)31-16-24(34)32-26(18(2)3)27(36)37/h1,15,18,21-23,26,38H,7-14,16-17H2,2-5H3,(H,31,35)(H,32,34)(H,36,37)/b33-20+/t21?,22?,23?,26?,28-,29-,30?/m0/s1. The van der Waals surface area contributed by atoms with Gasteiger partial charge in [-0.05, 0) is 86.5 Å². The number of aliphatic hydroxyl groups is 1. The van der Waals surface area contributed by atoms with Gasteiger partial charge in [-0.15, -0.1) is 6.42 Å². The molecule has 4 rings (SSSR count). The fraction of sp³-hybridized carbons (Fsp3) is 0.733. The van der Waals surface area contributed by atoms with E-state index >= 15 is 0 Å². The summed E-state index contributed by atoms with van der Waals surface area (Å²) in [5.41, 5.74) is 1.10. The molecule has 9 nitrogen and oxygen atoms in total. The second kappa shape index (κ2) is 11.0. The highest BCUT2D eigenvalue weighted by Gasteiger charge is 2.63. The zero-order valence-electron chi connectivity index (χ0n) is 23.6. The lowest BCUT2D eigenvalue weighted by Gasteiger charge is -2.58. The fourth-order valence-corrected chi connectivity index (χ4v) is 8.04. The molecule has 4 aliphatic rings. The molecule has 39 heavy (non-hydrogen) atoms. The maximum atomic E-state index is 12.1. The first-order valence-electron chi connectivity index (χ1n) is 14.2. The van der Waals surface area contributed by atoms with Crippen LogP contribution in [-0.2, 0) is 19.2 Å². The number of carboxylic acid groups (broad SMARTS) is 1. The van der Waals surface area contributed by atoms with E-state index in [4.69, 9.17) is 11.3 Å². The Kier molecular flexibility index (Phi) is 8.18. The Hall–Kier alpha value is -2.86. The highest BCUT2D eigenvalue weighted by Crippen LogP contribution is 2.67. The van der Waals surface area contributed by atoms with Crippen LogP contribution in [0.25, 0.3) is 0 Å². The van der Waals surface area contributed by atoms with Crippen molar-refractivity contribution in [2.45, 2.75) is 90.7 Å². The number of nitrogens with zero attached hydrogens (tertiary/aromatic N) is 1. The predicted molar refractivity (Wildman–Crippen MR) is 146 cm³/mol. The van der Waals surface area contributed by atoms with Crippen LogP contribution >= 0.6 is 0 Å². The number of terminal acetylenes is 1. The van der Waals surface area contributed by atoms with Crippen LogP contribution in [0, 0.1) is 46.8 Å². The van der Waals surface area contributed by atoms with Gasteiger partial charge in [0.05, 0.1) is 12.3 Å². The van der Waals surface area contributed by atoms with Crippen LogP contribution in [0.2, 0.25) is 0 Å². The Morgan fingerprint density at radius 2 is 1.85 bits per heavy atom. The number of aliphatic carboxylic acids is 1. The summed E-state index contributed by atoms with van der Waals surface area (Å²) in [4.78, 5) is 40.6. The number of carbonyl (C=O) groups is 3. The summed E-state index contributed by atoms with van der Waals surface area (Å²) in [6.45, 7) is 7.31. The number of carboxylic acids is 1. The average Bonchev–Trinajstić information content (AvgIpc) is 3.16. The molecule has 5 unspecified atom stereocenters. The van der Waals surface area contributed by atoms with Crippen molar-refractivity contribution >= 4 is 23.5 Å². The van der Waals surface area contributed by atoms with Gasteiger partial charge in [-0.3, -0.25) is 9.59 Å². The van der Waals surface area contributed by atoms with Crippen LogP contribution in [0.1, 0.15) is 79.1 Å². The second-order valence-electron chi connectivity index (χ2n) is 12.8. The molecule has 0 spiro atoms. The predicted octanol–water partition coefficient (Wildman–Crippen LogP) is 3.03. The topological polar surface area (TPSA) is 137 Å². The van der Waals surface area contributed by atoms with Crippen LogP contribution in [-0.4, -0.2) is 58.5 Å². The van der Waals surface area contributed by atoms with E-state index in [0.29, 0.717) is 24.2 Å². The van der Waals surface area contributed by atoms with E-state index in [2.05, 4.69) is 41.6 Å². The van der Waals surface area contributed by atoms with Crippen LogP contribution in [0.4, 0.5) is 0 Å². The molecule has 0 saturated heterocycles. The molecule has 9 heteroatoms. The Labute approximate surface area is 231 Å². The van der Waals surface area contributed by atoms with Crippen molar-refractivity contribution in [1.82, 2.24) is 10.6 Å². The molecule has 0 bridgehead atoms. The van der Waals surface area contributed by atoms with Gasteiger partial charge in [0.15, 0.2) is 6.61 Å². The minimum absolute atomic E-state index is 0.0919. The van der Waals surface area contributed by atoms with Crippen molar-refractivity contribution in [1.29, 1.82) is 0 Å². The summed E-state index contributed by atoms with van der Waals surface area (Å²) in [5, 5.41) is 29.4. The summed E-state index contributed by atoms with van der Waals surface area (Å²) in [6, 6.07) is -1.01. The highest BCUT2D eigenvalue weighted by molar-refractivity contribution is 5.96. The lowest BCUT2D eigenvalue weighted by Crippen LogP contribution is -2.54. The minimum Gasteiger partial charge on any atom is -0.480 e. The van der Waals surface area contributed by atoms with Crippen LogP contribution < -0.4 is 10.6 Å². The van der Waals surface area contributed by atoms with Gasteiger partial charge in [0.1, 0.15) is 11.6 Å². The molecule has 3 fully saturated rings. The molecular weight excluding hydrogens is 498 g/mol. The van der Waals surface area contributed by atoms with Crippen molar-refractivity contribution in [3.63, 3.8) is 0 Å². The normalized spacial score (nSPS) is 37.0. The Bertz CT molecular complexity index is 1110. The Balaban J connectivity index is 1.31. The highest BCUT2D eigenvalue weighted by atomic mass is 16.6. The van der Waals surface area contributed by atoms with E-state index < -0.39 is 29.4 Å². The first-order valence-corrected chi connectivity index (χ1v) is 14.2. The SMILES string of the molecule is C#CC1(O)CCC2C3CCC4=C/C(=N/OCC(=O)NCC(=O)NC(C(=O)O)C(C)C)CC[C@]4(C)C3CC[C@@]21C. The van der Waals surface area contributed by atoms with E-state index in [0.717, 1.165) is 50.7 Å². The maximum Gasteiger partial charge on any atom is 0.326 e. The van der Waals surface area contributed by atoms with Crippen molar-refractivity contribution in [3.05, 3.63) is 11.6 Å². The van der Waals surface area contributed by atoms with E-state index in [-0.39, 0.29) is 29.9 Å². The minimum atomic E-state index is -1.12. The molecule has 4 N–H and O–H groups in total. The zero-order chi connectivity index (χ0) is 28.6. The molecule has 3 saturated carbocycles. The molecule has 4 aliphatic carbocycles. The molecule has 0 aromatic heterocycles. The second-order valence-corrected chi connectivity index (χ2v) is 12.8. The van der Waals surface area contributed by atoms with Gasteiger partial charge in [0.25, 0.3) is 5.91 Å². The molecule has 2 amide bonds. The molecule has 7 atom stereocenters. The maximum absolute atomic E-state index is 12.1. The van der Waals surface area contributed by atoms with E-state index in [1.165, 1.54) is 5.57 Å². The summed E-state index contributed by atoms with van der Waals surface area (Å²) in [7, 11) is 0. The molecule has 0 radical (unpaired) electrons. The van der Waals surface area contributed by atoms with E-state index in [1.54, 1.807) is 13.8 Å². The summed E-state index contributed by atoms with van der Waals surface area (Å²) in [6.07, 6.45) is 15.5. The number of allylic oxidation sites excluding steroid dienone is 2. The number of fused-ring (bicyclic) bond motifs is 5. The van der Waals surface area contributed by atoms with Gasteiger partial charge in [0.2, 0.25) is 5.91 Å². The van der Waals surface area contributed by atoms with Gasteiger partial charge in [-0.25, -0.2) is 4.79 Å². The van der Waals surface area contributed by atoms with Gasteiger partial charge in [-0.1, -0.05) is 44.3 Å². The molecule has 214 valence electrons. The number of rotatable bonds is 8. The summed E-state index contributed by atoms with van der Waals surface area (Å²) < 4.78 is 0. The largest absolute Gasteiger partial charge is 0.480 e.